The Balaban J connectivity index is 2.28. The molecule has 2 rings (SSSR count). The van der Waals surface area contributed by atoms with Gasteiger partial charge in [-0.05, 0) is 17.7 Å². The molecule has 0 bridgehead atoms. The molecule has 1 aliphatic carbocycles. The van der Waals surface area contributed by atoms with Crippen LogP contribution in [0.4, 0.5) is 5.69 Å². The number of carboxylic acid groups (broad SMARTS) is 1. The summed E-state index contributed by atoms with van der Waals surface area (Å²) in [6, 6.07) is 4.55. The first-order chi connectivity index (χ1) is 13.3. The topological polar surface area (TPSA) is 163 Å². The van der Waals surface area contributed by atoms with Gasteiger partial charge in [0.05, 0.1) is 17.7 Å². The van der Waals surface area contributed by atoms with Crippen LogP contribution in [0.25, 0.3) is 0 Å². The van der Waals surface area contributed by atoms with Crippen LogP contribution < -0.4 is 10.1 Å². The number of rotatable bonds is 8. The molecule has 28 heavy (non-hydrogen) atoms. The second kappa shape index (κ2) is 9.49. The smallest absolute Gasteiger partial charge is 0.309 e. The monoisotopic (exact) mass is 397 g/mol. The number of aliphatic carboxylic acids is 1. The Morgan fingerprint density at radius 3 is 2.54 bits per heavy atom. The van der Waals surface area contributed by atoms with E-state index < -0.39 is 36.3 Å². The van der Waals surface area contributed by atoms with Gasteiger partial charge >= 0.3 is 5.97 Å². The number of carbonyl (C=O) groups excluding carboxylic acids is 2. The van der Waals surface area contributed by atoms with Crippen LogP contribution >= 0.6 is 0 Å². The van der Waals surface area contributed by atoms with Gasteiger partial charge in [0.1, 0.15) is 30.7 Å². The summed E-state index contributed by atoms with van der Waals surface area (Å²) >= 11 is 0. The van der Waals surface area contributed by atoms with Crippen molar-refractivity contribution >= 4 is 24.0 Å². The summed E-state index contributed by atoms with van der Waals surface area (Å²) in [5, 5.41) is 41.8. The van der Waals surface area contributed by atoms with Crippen molar-refractivity contribution in [3.63, 3.8) is 0 Å². The van der Waals surface area contributed by atoms with Crippen LogP contribution in [0.5, 0.6) is 5.75 Å². The Morgan fingerprint density at radius 2 is 1.93 bits per heavy atom. The summed E-state index contributed by atoms with van der Waals surface area (Å²) < 4.78 is 10.4. The van der Waals surface area contributed by atoms with Gasteiger partial charge in [-0.3, -0.25) is 14.4 Å². The summed E-state index contributed by atoms with van der Waals surface area (Å²) in [7, 11) is 0. The van der Waals surface area contributed by atoms with Crippen LogP contribution in [0.2, 0.25) is 0 Å². The van der Waals surface area contributed by atoms with E-state index in [-0.39, 0.29) is 43.3 Å². The van der Waals surface area contributed by atoms with Crippen LogP contribution in [-0.4, -0.2) is 63.2 Å². The van der Waals surface area contributed by atoms with Crippen LogP contribution in [0.1, 0.15) is 25.3 Å². The third-order valence-corrected chi connectivity index (χ3v) is 4.53. The number of benzene rings is 1. The molecule has 1 aromatic carbocycles. The van der Waals surface area contributed by atoms with Gasteiger partial charge in [-0.2, -0.15) is 0 Å². The van der Waals surface area contributed by atoms with Gasteiger partial charge < -0.3 is 35.2 Å². The largest absolute Gasteiger partial charge is 0.485 e. The number of aliphatic hydroxyl groups excluding tert-OH is 3. The predicted octanol–water partition coefficient (Wildman–Crippen LogP) is -0.357. The zero-order valence-electron chi connectivity index (χ0n) is 15.1. The third kappa shape index (κ3) is 4.97. The number of hydrogen-bond donors (Lipinski definition) is 5. The van der Waals surface area contributed by atoms with Crippen molar-refractivity contribution < 1.29 is 44.3 Å². The molecule has 0 saturated heterocycles. The van der Waals surface area contributed by atoms with Gasteiger partial charge in [-0.15, -0.1) is 0 Å². The zero-order valence-corrected chi connectivity index (χ0v) is 15.1. The first-order valence-corrected chi connectivity index (χ1v) is 8.70. The second-order valence-corrected chi connectivity index (χ2v) is 6.45. The highest BCUT2D eigenvalue weighted by Crippen LogP contribution is 2.33. The normalized spacial score (nSPS) is 26.9. The summed E-state index contributed by atoms with van der Waals surface area (Å²) in [5.74, 6) is -2.83. The first-order valence-electron chi connectivity index (χ1n) is 8.70. The molecule has 5 N–H and O–H groups in total. The summed E-state index contributed by atoms with van der Waals surface area (Å²) in [6.45, 7) is 1.90. The maximum Gasteiger partial charge on any atom is 0.309 e. The maximum absolute atomic E-state index is 11.8. The Morgan fingerprint density at radius 1 is 1.21 bits per heavy atom. The van der Waals surface area contributed by atoms with E-state index in [2.05, 4.69) is 10.1 Å². The lowest BCUT2D eigenvalue weighted by Gasteiger charge is -2.38. The van der Waals surface area contributed by atoms with Crippen molar-refractivity contribution in [1.29, 1.82) is 0 Å². The standard InChI is InChI=1S/C18H23NO9/c1-2-14(21)19-11-5-9(7-27-8-20)3-4-12(11)28-13-6-10(18(25)26)15(22)17(24)16(13)23/h3-5,8,10,13,15-17,22-24H,2,6-7H2,1H3,(H,19,21)(H,25,26)/t10?,13-,15-,16?,17+/m1/s1. The van der Waals surface area contributed by atoms with Crippen LogP contribution in [-0.2, 0) is 25.7 Å². The van der Waals surface area contributed by atoms with E-state index in [9.17, 15) is 34.8 Å². The highest BCUT2D eigenvalue weighted by Gasteiger charge is 2.47. The molecular weight excluding hydrogens is 374 g/mol. The van der Waals surface area contributed by atoms with E-state index in [1.165, 1.54) is 12.1 Å². The lowest BCUT2D eigenvalue weighted by Crippen LogP contribution is -2.57. The first kappa shape index (κ1) is 21.6. The van der Waals surface area contributed by atoms with Gasteiger partial charge in [0.2, 0.25) is 5.91 Å². The van der Waals surface area contributed by atoms with Crippen molar-refractivity contribution in [1.82, 2.24) is 0 Å². The third-order valence-electron chi connectivity index (χ3n) is 4.53. The lowest BCUT2D eigenvalue weighted by molar-refractivity contribution is -0.174. The van der Waals surface area contributed by atoms with Crippen molar-refractivity contribution in [2.24, 2.45) is 5.92 Å². The van der Waals surface area contributed by atoms with Gasteiger partial charge in [-0.25, -0.2) is 0 Å². The predicted molar refractivity (Wildman–Crippen MR) is 94.4 cm³/mol. The van der Waals surface area contributed by atoms with Gasteiger partial charge in [-0.1, -0.05) is 13.0 Å². The number of hydrogen-bond acceptors (Lipinski definition) is 8. The fourth-order valence-corrected chi connectivity index (χ4v) is 2.95. The fraction of sp³-hybridized carbons (Fsp3) is 0.500. The molecule has 1 amide bonds. The van der Waals surface area contributed by atoms with Crippen molar-refractivity contribution in [2.75, 3.05) is 5.32 Å². The highest BCUT2D eigenvalue weighted by atomic mass is 16.5. The van der Waals surface area contributed by atoms with Crippen molar-refractivity contribution in [2.45, 2.75) is 50.8 Å². The minimum atomic E-state index is -1.70. The number of nitrogens with one attached hydrogen (secondary N) is 1. The molecular formula is C18H23NO9. The molecule has 0 aliphatic heterocycles. The number of ether oxygens (including phenoxy) is 2. The minimum Gasteiger partial charge on any atom is -0.485 e. The number of aliphatic hydroxyl groups is 3. The molecule has 0 heterocycles. The summed E-state index contributed by atoms with van der Waals surface area (Å²) in [6.07, 6.45) is -6.05. The SMILES string of the molecule is CCC(=O)Nc1cc(COC=O)ccc1O[C@@H]1CC(C(=O)O)[C@@H](O)[C@H](O)C1O. The number of anilines is 1. The summed E-state index contributed by atoms with van der Waals surface area (Å²) in [4.78, 5) is 33.5. The molecule has 0 aromatic heterocycles. The van der Waals surface area contributed by atoms with Crippen LogP contribution in [0, 0.1) is 5.92 Å². The summed E-state index contributed by atoms with van der Waals surface area (Å²) in [5.41, 5.74) is 0.799. The minimum absolute atomic E-state index is 0.0309. The molecule has 1 saturated carbocycles. The number of amides is 1. The van der Waals surface area contributed by atoms with E-state index in [1.807, 2.05) is 0 Å². The number of carboxylic acids is 1. The Kier molecular flexibility index (Phi) is 7.32. The molecule has 0 radical (unpaired) electrons. The molecule has 1 aliphatic rings. The average molecular weight is 397 g/mol. The molecule has 154 valence electrons. The van der Waals surface area contributed by atoms with E-state index >= 15 is 0 Å². The zero-order chi connectivity index (χ0) is 20.8. The average Bonchev–Trinajstić information content (AvgIpc) is 2.67. The Bertz CT molecular complexity index is 723. The van der Waals surface area contributed by atoms with E-state index in [0.717, 1.165) is 0 Å². The van der Waals surface area contributed by atoms with Crippen molar-refractivity contribution in [3.8, 4) is 5.75 Å². The van der Waals surface area contributed by atoms with Crippen LogP contribution in [0.3, 0.4) is 0 Å². The van der Waals surface area contributed by atoms with Gasteiger partial charge in [0.15, 0.2) is 0 Å². The van der Waals surface area contributed by atoms with E-state index in [0.29, 0.717) is 5.56 Å². The second-order valence-electron chi connectivity index (χ2n) is 6.45. The van der Waals surface area contributed by atoms with Crippen LogP contribution in [0.15, 0.2) is 18.2 Å². The molecule has 1 aromatic rings. The van der Waals surface area contributed by atoms with Crippen molar-refractivity contribution in [3.05, 3.63) is 23.8 Å². The Labute approximate surface area is 160 Å². The highest BCUT2D eigenvalue weighted by molar-refractivity contribution is 5.92. The lowest BCUT2D eigenvalue weighted by atomic mass is 9.80. The maximum atomic E-state index is 11.8. The molecule has 0 spiro atoms. The van der Waals surface area contributed by atoms with Gasteiger partial charge in [0.25, 0.3) is 6.47 Å². The quantitative estimate of drug-likeness (QED) is 0.369. The molecule has 2 unspecified atom stereocenters. The fourth-order valence-electron chi connectivity index (χ4n) is 2.95. The molecule has 10 nitrogen and oxygen atoms in total. The van der Waals surface area contributed by atoms with E-state index in [4.69, 9.17) is 4.74 Å². The Hall–Kier alpha value is -2.69. The molecule has 1 fully saturated rings. The molecule has 10 heteroatoms. The number of carbonyl (C=O) groups is 3. The molecule has 5 atom stereocenters. The van der Waals surface area contributed by atoms with E-state index in [1.54, 1.807) is 13.0 Å². The van der Waals surface area contributed by atoms with Gasteiger partial charge in [0, 0.05) is 12.8 Å².